The highest BCUT2D eigenvalue weighted by atomic mass is 32.1. The van der Waals surface area contributed by atoms with Crippen LogP contribution in [0.4, 0.5) is 0 Å². The Morgan fingerprint density at radius 3 is 2.59 bits per heavy atom. The molecule has 4 aromatic rings. The van der Waals surface area contributed by atoms with Gasteiger partial charge < -0.3 is 14.3 Å². The Balaban J connectivity index is 1.78. The van der Waals surface area contributed by atoms with Crippen LogP contribution in [-0.4, -0.2) is 16.1 Å². The SMILES string of the molecule is Cc1nc(-c2ccc(Oc3ccccc3)c(-c3ccoc3)c2)sc1C(=O)O. The van der Waals surface area contributed by atoms with E-state index in [1.54, 1.807) is 19.5 Å². The van der Waals surface area contributed by atoms with Crippen molar-refractivity contribution in [3.05, 3.63) is 77.7 Å². The van der Waals surface area contributed by atoms with E-state index in [-0.39, 0.29) is 4.88 Å². The number of carboxylic acid groups (broad SMARTS) is 1. The van der Waals surface area contributed by atoms with Crippen LogP contribution in [0, 0.1) is 6.92 Å². The molecule has 0 amide bonds. The van der Waals surface area contributed by atoms with Crippen molar-refractivity contribution in [2.24, 2.45) is 0 Å². The molecule has 27 heavy (non-hydrogen) atoms. The highest BCUT2D eigenvalue weighted by Gasteiger charge is 2.17. The summed E-state index contributed by atoms with van der Waals surface area (Å²) in [5, 5.41) is 9.93. The summed E-state index contributed by atoms with van der Waals surface area (Å²) >= 11 is 1.16. The van der Waals surface area contributed by atoms with E-state index in [1.165, 1.54) is 0 Å². The Labute approximate surface area is 159 Å². The van der Waals surface area contributed by atoms with Crippen LogP contribution in [0.15, 0.2) is 71.5 Å². The molecule has 0 saturated carbocycles. The Bertz CT molecular complexity index is 1080. The maximum Gasteiger partial charge on any atom is 0.347 e. The molecule has 0 saturated heterocycles. The van der Waals surface area contributed by atoms with E-state index in [2.05, 4.69) is 4.98 Å². The molecule has 134 valence electrons. The van der Waals surface area contributed by atoms with E-state index in [0.717, 1.165) is 33.8 Å². The van der Waals surface area contributed by atoms with Crippen LogP contribution < -0.4 is 4.74 Å². The molecule has 0 aliphatic carbocycles. The van der Waals surface area contributed by atoms with Gasteiger partial charge in [-0.1, -0.05) is 18.2 Å². The van der Waals surface area contributed by atoms with Gasteiger partial charge in [-0.2, -0.15) is 0 Å². The van der Waals surface area contributed by atoms with E-state index in [0.29, 0.717) is 16.5 Å². The Morgan fingerprint density at radius 1 is 1.11 bits per heavy atom. The van der Waals surface area contributed by atoms with Gasteiger partial charge in [-0.15, -0.1) is 11.3 Å². The molecule has 1 N–H and O–H groups in total. The van der Waals surface area contributed by atoms with Crippen LogP contribution in [0.1, 0.15) is 15.4 Å². The summed E-state index contributed by atoms with van der Waals surface area (Å²) in [6.45, 7) is 1.70. The predicted octanol–water partition coefficient (Wildman–Crippen LogP) is 5.87. The second-order valence-corrected chi connectivity index (χ2v) is 6.88. The van der Waals surface area contributed by atoms with Crippen LogP contribution in [0.5, 0.6) is 11.5 Å². The molecular weight excluding hydrogens is 362 g/mol. The molecular formula is C21H15NO4S. The van der Waals surface area contributed by atoms with Gasteiger partial charge in [0.25, 0.3) is 0 Å². The van der Waals surface area contributed by atoms with Crippen LogP contribution in [-0.2, 0) is 0 Å². The van der Waals surface area contributed by atoms with Crippen molar-refractivity contribution < 1.29 is 19.1 Å². The molecule has 0 unspecified atom stereocenters. The number of carbonyl (C=O) groups is 1. The number of para-hydroxylation sites is 1. The molecule has 2 aromatic carbocycles. The number of carboxylic acids is 1. The molecule has 5 nitrogen and oxygen atoms in total. The van der Waals surface area contributed by atoms with Gasteiger partial charge >= 0.3 is 5.97 Å². The highest BCUT2D eigenvalue weighted by molar-refractivity contribution is 7.17. The Morgan fingerprint density at radius 2 is 1.93 bits per heavy atom. The highest BCUT2D eigenvalue weighted by Crippen LogP contribution is 2.38. The fourth-order valence-corrected chi connectivity index (χ4v) is 3.63. The number of aryl methyl sites for hydroxylation is 1. The average molecular weight is 377 g/mol. The summed E-state index contributed by atoms with van der Waals surface area (Å²) in [5.41, 5.74) is 3.05. The molecule has 6 heteroatoms. The maximum absolute atomic E-state index is 11.3. The number of aromatic carboxylic acids is 1. The zero-order chi connectivity index (χ0) is 18.8. The number of hydrogen-bond donors (Lipinski definition) is 1. The van der Waals surface area contributed by atoms with Crippen molar-refractivity contribution in [1.82, 2.24) is 4.98 Å². The minimum Gasteiger partial charge on any atom is -0.477 e. The largest absolute Gasteiger partial charge is 0.477 e. The average Bonchev–Trinajstić information content (AvgIpc) is 3.33. The number of aromatic nitrogens is 1. The second-order valence-electron chi connectivity index (χ2n) is 5.88. The molecule has 0 atom stereocenters. The molecule has 0 bridgehead atoms. The second kappa shape index (κ2) is 7.09. The molecule has 0 radical (unpaired) electrons. The first kappa shape index (κ1) is 17.1. The molecule has 0 aliphatic heterocycles. The first-order valence-electron chi connectivity index (χ1n) is 8.22. The lowest BCUT2D eigenvalue weighted by Crippen LogP contribution is -1.94. The van der Waals surface area contributed by atoms with Crippen LogP contribution in [0.25, 0.3) is 21.7 Å². The molecule has 4 rings (SSSR count). The third-order valence-corrected chi connectivity index (χ3v) is 5.22. The van der Waals surface area contributed by atoms with Crippen molar-refractivity contribution >= 4 is 17.3 Å². The normalized spacial score (nSPS) is 10.7. The van der Waals surface area contributed by atoms with Crippen molar-refractivity contribution in [3.63, 3.8) is 0 Å². The Kier molecular flexibility index (Phi) is 4.48. The topological polar surface area (TPSA) is 72.6 Å². The molecule has 2 aromatic heterocycles. The smallest absolute Gasteiger partial charge is 0.347 e. The van der Waals surface area contributed by atoms with Gasteiger partial charge in [0.05, 0.1) is 18.2 Å². The number of furan rings is 1. The standard InChI is InChI=1S/C21H15NO4S/c1-13-19(21(23)24)27-20(22-13)14-7-8-18(26-16-5-3-2-4-6-16)17(11-14)15-9-10-25-12-15/h2-12H,1H3,(H,23,24). The minimum atomic E-state index is -0.963. The van der Waals surface area contributed by atoms with E-state index < -0.39 is 5.97 Å². The van der Waals surface area contributed by atoms with Gasteiger partial charge in [-0.3, -0.25) is 0 Å². The molecule has 0 aliphatic rings. The number of hydrogen-bond acceptors (Lipinski definition) is 5. The number of benzene rings is 2. The van der Waals surface area contributed by atoms with Crippen LogP contribution in [0.3, 0.4) is 0 Å². The fourth-order valence-electron chi connectivity index (χ4n) is 2.73. The van der Waals surface area contributed by atoms with Crippen molar-refractivity contribution in [2.75, 3.05) is 0 Å². The third-order valence-electron chi connectivity index (χ3n) is 4.02. The summed E-state index contributed by atoms with van der Waals surface area (Å²) in [6.07, 6.45) is 3.25. The molecule has 0 spiro atoms. The van der Waals surface area contributed by atoms with Gasteiger partial charge in [-0.25, -0.2) is 9.78 Å². The van der Waals surface area contributed by atoms with Gasteiger partial charge in [0.15, 0.2) is 0 Å². The number of ether oxygens (including phenoxy) is 1. The van der Waals surface area contributed by atoms with Crippen LogP contribution >= 0.6 is 11.3 Å². The van der Waals surface area contributed by atoms with Gasteiger partial charge in [-0.05, 0) is 43.3 Å². The van der Waals surface area contributed by atoms with Crippen molar-refractivity contribution in [3.8, 4) is 33.2 Å². The van der Waals surface area contributed by atoms with E-state index in [4.69, 9.17) is 9.15 Å². The zero-order valence-electron chi connectivity index (χ0n) is 14.4. The summed E-state index contributed by atoms with van der Waals surface area (Å²) in [7, 11) is 0. The van der Waals surface area contributed by atoms with E-state index in [9.17, 15) is 9.90 Å². The summed E-state index contributed by atoms with van der Waals surface area (Å²) in [4.78, 5) is 16.0. The lowest BCUT2D eigenvalue weighted by Gasteiger charge is -2.11. The first-order valence-corrected chi connectivity index (χ1v) is 9.04. The third kappa shape index (κ3) is 3.47. The van der Waals surface area contributed by atoms with Crippen molar-refractivity contribution in [2.45, 2.75) is 6.92 Å². The monoisotopic (exact) mass is 377 g/mol. The van der Waals surface area contributed by atoms with E-state index >= 15 is 0 Å². The quantitative estimate of drug-likeness (QED) is 0.471. The lowest BCUT2D eigenvalue weighted by molar-refractivity contribution is 0.0701. The van der Waals surface area contributed by atoms with Crippen molar-refractivity contribution in [1.29, 1.82) is 0 Å². The fraction of sp³-hybridized carbons (Fsp3) is 0.0476. The van der Waals surface area contributed by atoms with E-state index in [1.807, 2.05) is 54.6 Å². The molecule has 0 fully saturated rings. The Hall–Kier alpha value is -3.38. The summed E-state index contributed by atoms with van der Waals surface area (Å²) in [5.74, 6) is 0.446. The lowest BCUT2D eigenvalue weighted by atomic mass is 10.0. The maximum atomic E-state index is 11.3. The zero-order valence-corrected chi connectivity index (χ0v) is 15.2. The predicted molar refractivity (Wildman–Crippen MR) is 103 cm³/mol. The summed E-state index contributed by atoms with van der Waals surface area (Å²) < 4.78 is 11.3. The number of thiazole rings is 1. The minimum absolute atomic E-state index is 0.250. The number of rotatable bonds is 5. The van der Waals surface area contributed by atoms with Gasteiger partial charge in [0, 0.05) is 16.7 Å². The van der Waals surface area contributed by atoms with Gasteiger partial charge in [0.2, 0.25) is 0 Å². The summed E-state index contributed by atoms with van der Waals surface area (Å²) in [6, 6.07) is 17.1. The van der Waals surface area contributed by atoms with Crippen LogP contribution in [0.2, 0.25) is 0 Å². The first-order chi connectivity index (χ1) is 13.1. The van der Waals surface area contributed by atoms with Gasteiger partial charge in [0.1, 0.15) is 21.4 Å². The molecule has 2 heterocycles. The number of nitrogens with zero attached hydrogens (tertiary/aromatic N) is 1.